The number of ether oxygens (including phenoxy) is 1. The van der Waals surface area contributed by atoms with Crippen LogP contribution in [0.2, 0.25) is 0 Å². The molecule has 0 unspecified atom stereocenters. The van der Waals surface area contributed by atoms with E-state index in [2.05, 4.69) is 20.6 Å². The normalized spacial score (nSPS) is 11.2. The van der Waals surface area contributed by atoms with Gasteiger partial charge in [-0.3, -0.25) is 9.98 Å². The van der Waals surface area contributed by atoms with Crippen LogP contribution in [0, 0.1) is 5.82 Å². The molecule has 0 radical (unpaired) electrons. The van der Waals surface area contributed by atoms with E-state index in [0.717, 1.165) is 35.0 Å². The van der Waals surface area contributed by atoms with Gasteiger partial charge in [0, 0.05) is 26.3 Å². The van der Waals surface area contributed by atoms with E-state index in [-0.39, 0.29) is 5.82 Å². The third kappa shape index (κ3) is 6.92. The SMILES string of the molecule is CN=C(NCCc1ccc(F)cc1)NCc1ccc(OCc2ccccn2)cc1. The molecule has 0 saturated carbocycles. The molecule has 0 aliphatic heterocycles. The van der Waals surface area contributed by atoms with Gasteiger partial charge in [-0.25, -0.2) is 4.39 Å². The molecular formula is C23H25FN4O. The zero-order valence-corrected chi connectivity index (χ0v) is 16.4. The summed E-state index contributed by atoms with van der Waals surface area (Å²) in [4.78, 5) is 8.48. The first-order valence-corrected chi connectivity index (χ1v) is 9.53. The third-order valence-electron chi connectivity index (χ3n) is 4.34. The smallest absolute Gasteiger partial charge is 0.191 e. The van der Waals surface area contributed by atoms with Crippen LogP contribution < -0.4 is 15.4 Å². The lowest BCUT2D eigenvalue weighted by molar-refractivity contribution is 0.301. The summed E-state index contributed by atoms with van der Waals surface area (Å²) in [6, 6.07) is 20.3. The minimum Gasteiger partial charge on any atom is -0.487 e. The van der Waals surface area contributed by atoms with Gasteiger partial charge < -0.3 is 15.4 Å². The van der Waals surface area contributed by atoms with Crippen LogP contribution in [-0.2, 0) is 19.6 Å². The number of pyridine rings is 1. The maximum Gasteiger partial charge on any atom is 0.191 e. The van der Waals surface area contributed by atoms with E-state index in [1.54, 1.807) is 25.4 Å². The molecule has 0 amide bonds. The van der Waals surface area contributed by atoms with Crippen LogP contribution >= 0.6 is 0 Å². The van der Waals surface area contributed by atoms with Gasteiger partial charge in [0.15, 0.2) is 5.96 Å². The number of benzene rings is 2. The van der Waals surface area contributed by atoms with Crippen LogP contribution in [0.25, 0.3) is 0 Å². The highest BCUT2D eigenvalue weighted by molar-refractivity contribution is 5.79. The second-order valence-electron chi connectivity index (χ2n) is 6.48. The van der Waals surface area contributed by atoms with E-state index in [0.29, 0.717) is 19.7 Å². The Balaban J connectivity index is 1.40. The number of aliphatic imine (C=N–C) groups is 1. The molecule has 2 aromatic carbocycles. The van der Waals surface area contributed by atoms with Crippen LogP contribution in [0.1, 0.15) is 16.8 Å². The number of hydrogen-bond acceptors (Lipinski definition) is 3. The van der Waals surface area contributed by atoms with Crippen LogP contribution in [0.15, 0.2) is 77.9 Å². The van der Waals surface area contributed by atoms with E-state index in [1.807, 2.05) is 42.5 Å². The number of rotatable bonds is 8. The fourth-order valence-corrected chi connectivity index (χ4v) is 2.73. The summed E-state index contributed by atoms with van der Waals surface area (Å²) in [6.07, 6.45) is 2.55. The highest BCUT2D eigenvalue weighted by Gasteiger charge is 2.01. The summed E-state index contributed by atoms with van der Waals surface area (Å²) in [5.74, 6) is 1.32. The molecule has 150 valence electrons. The van der Waals surface area contributed by atoms with Crippen LogP contribution in [0.4, 0.5) is 4.39 Å². The molecule has 0 aliphatic carbocycles. The zero-order chi connectivity index (χ0) is 20.3. The molecule has 0 aliphatic rings. The number of hydrogen-bond donors (Lipinski definition) is 2. The van der Waals surface area contributed by atoms with Gasteiger partial charge in [0.2, 0.25) is 0 Å². The molecule has 1 aromatic heterocycles. The number of nitrogens with zero attached hydrogens (tertiary/aromatic N) is 2. The van der Waals surface area contributed by atoms with E-state index in [9.17, 15) is 4.39 Å². The maximum absolute atomic E-state index is 12.9. The third-order valence-corrected chi connectivity index (χ3v) is 4.34. The van der Waals surface area contributed by atoms with Crippen molar-refractivity contribution in [1.82, 2.24) is 15.6 Å². The van der Waals surface area contributed by atoms with Crippen LogP contribution in [0.3, 0.4) is 0 Å². The summed E-state index contributed by atoms with van der Waals surface area (Å²) in [5, 5.41) is 6.55. The van der Waals surface area contributed by atoms with Crippen molar-refractivity contribution in [3.8, 4) is 5.75 Å². The van der Waals surface area contributed by atoms with Crippen molar-refractivity contribution in [2.45, 2.75) is 19.6 Å². The quantitative estimate of drug-likeness (QED) is 0.453. The number of nitrogens with one attached hydrogen (secondary N) is 2. The monoisotopic (exact) mass is 392 g/mol. The highest BCUT2D eigenvalue weighted by Crippen LogP contribution is 2.13. The molecule has 6 heteroatoms. The second kappa shape index (κ2) is 10.8. The van der Waals surface area contributed by atoms with Gasteiger partial charge in [-0.05, 0) is 53.9 Å². The van der Waals surface area contributed by atoms with Crippen molar-refractivity contribution < 1.29 is 9.13 Å². The van der Waals surface area contributed by atoms with Crippen molar-refractivity contribution in [3.63, 3.8) is 0 Å². The average molecular weight is 392 g/mol. The number of aromatic nitrogens is 1. The fraction of sp³-hybridized carbons (Fsp3) is 0.217. The molecule has 0 spiro atoms. The first-order chi connectivity index (χ1) is 14.2. The molecule has 0 atom stereocenters. The van der Waals surface area contributed by atoms with Gasteiger partial charge in [-0.2, -0.15) is 0 Å². The molecular weight excluding hydrogens is 367 g/mol. The van der Waals surface area contributed by atoms with E-state index in [4.69, 9.17) is 4.74 Å². The van der Waals surface area contributed by atoms with Crippen molar-refractivity contribution >= 4 is 5.96 Å². The molecule has 3 aromatic rings. The van der Waals surface area contributed by atoms with Crippen molar-refractivity contribution in [1.29, 1.82) is 0 Å². The van der Waals surface area contributed by atoms with Gasteiger partial charge in [-0.1, -0.05) is 30.3 Å². The lowest BCUT2D eigenvalue weighted by Gasteiger charge is -2.12. The van der Waals surface area contributed by atoms with Gasteiger partial charge in [0.05, 0.1) is 5.69 Å². The highest BCUT2D eigenvalue weighted by atomic mass is 19.1. The molecule has 2 N–H and O–H groups in total. The minimum absolute atomic E-state index is 0.215. The van der Waals surface area contributed by atoms with Gasteiger partial charge in [0.1, 0.15) is 18.2 Å². The summed E-state index contributed by atoms with van der Waals surface area (Å²) < 4.78 is 18.7. The van der Waals surface area contributed by atoms with Crippen molar-refractivity contribution in [2.24, 2.45) is 4.99 Å². The lowest BCUT2D eigenvalue weighted by atomic mass is 10.1. The van der Waals surface area contributed by atoms with Gasteiger partial charge in [0.25, 0.3) is 0 Å². The topological polar surface area (TPSA) is 58.5 Å². The molecule has 0 fully saturated rings. The first kappa shape index (κ1) is 20.3. The maximum atomic E-state index is 12.9. The summed E-state index contributed by atoms with van der Waals surface area (Å²) in [6.45, 7) is 1.81. The Kier molecular flexibility index (Phi) is 7.57. The lowest BCUT2D eigenvalue weighted by Crippen LogP contribution is -2.37. The fourth-order valence-electron chi connectivity index (χ4n) is 2.73. The predicted octanol–water partition coefficient (Wildman–Crippen LogP) is 3.71. The Hall–Kier alpha value is -3.41. The average Bonchev–Trinajstić information content (AvgIpc) is 2.77. The largest absolute Gasteiger partial charge is 0.487 e. The summed E-state index contributed by atoms with van der Waals surface area (Å²) in [7, 11) is 1.74. The Morgan fingerprint density at radius 1 is 0.966 bits per heavy atom. The Labute approximate surface area is 170 Å². The van der Waals surface area contributed by atoms with Crippen molar-refractivity contribution in [2.75, 3.05) is 13.6 Å². The molecule has 0 bridgehead atoms. The van der Waals surface area contributed by atoms with Crippen molar-refractivity contribution in [3.05, 3.63) is 95.6 Å². The summed E-state index contributed by atoms with van der Waals surface area (Å²) in [5.41, 5.74) is 3.10. The van der Waals surface area contributed by atoms with Gasteiger partial charge >= 0.3 is 0 Å². The van der Waals surface area contributed by atoms with Crippen LogP contribution in [-0.4, -0.2) is 24.5 Å². The second-order valence-corrected chi connectivity index (χ2v) is 6.48. The standard InChI is InChI=1S/C23H25FN4O/c1-25-23(27-15-13-18-5-9-20(24)10-6-18)28-16-19-7-11-22(12-8-19)29-17-21-4-2-3-14-26-21/h2-12,14H,13,15-17H2,1H3,(H2,25,27,28). The first-order valence-electron chi connectivity index (χ1n) is 9.53. The van der Waals surface area contributed by atoms with E-state index in [1.165, 1.54) is 12.1 Å². The molecule has 1 heterocycles. The van der Waals surface area contributed by atoms with Gasteiger partial charge in [-0.15, -0.1) is 0 Å². The zero-order valence-electron chi connectivity index (χ0n) is 16.4. The van der Waals surface area contributed by atoms with E-state index < -0.39 is 0 Å². The summed E-state index contributed by atoms with van der Waals surface area (Å²) >= 11 is 0. The van der Waals surface area contributed by atoms with E-state index >= 15 is 0 Å². The molecule has 5 nitrogen and oxygen atoms in total. The Morgan fingerprint density at radius 3 is 2.41 bits per heavy atom. The molecule has 29 heavy (non-hydrogen) atoms. The Morgan fingerprint density at radius 2 is 1.72 bits per heavy atom. The number of guanidine groups is 1. The predicted molar refractivity (Wildman–Crippen MR) is 113 cm³/mol. The number of halogens is 1. The van der Waals surface area contributed by atoms with Crippen LogP contribution in [0.5, 0.6) is 5.75 Å². The Bertz CT molecular complexity index is 896. The molecule has 0 saturated heterocycles. The minimum atomic E-state index is -0.215. The molecule has 3 rings (SSSR count).